The van der Waals surface area contributed by atoms with E-state index in [1.54, 1.807) is 38.0 Å². The molecule has 0 amide bonds. The Morgan fingerprint density at radius 3 is 2.88 bits per heavy atom. The van der Waals surface area contributed by atoms with Gasteiger partial charge >= 0.3 is 0 Å². The predicted octanol–water partition coefficient (Wildman–Crippen LogP) is 1.24. The zero-order valence-corrected chi connectivity index (χ0v) is 9.71. The lowest BCUT2D eigenvalue weighted by Gasteiger charge is -2.06. The van der Waals surface area contributed by atoms with Crippen molar-refractivity contribution in [2.45, 2.75) is 26.3 Å². The number of carbonyl (C=O) groups excluding carboxylic acids is 1. The number of rotatable bonds is 5. The monoisotopic (exact) mass is 230 g/mol. The molecule has 2 aromatic heterocycles. The topological polar surface area (TPSA) is 60.7 Å². The summed E-state index contributed by atoms with van der Waals surface area (Å²) in [5, 5.41) is 0. The molecule has 0 N–H and O–H groups in total. The normalized spacial score (nSPS) is 10.4. The highest BCUT2D eigenvalue weighted by molar-refractivity contribution is 5.75. The highest BCUT2D eigenvalue weighted by Crippen LogP contribution is 2.06. The number of hydrogen-bond donors (Lipinski definition) is 0. The van der Waals surface area contributed by atoms with E-state index in [0.717, 1.165) is 17.8 Å². The maximum atomic E-state index is 11.0. The van der Waals surface area contributed by atoms with E-state index in [9.17, 15) is 4.79 Å². The summed E-state index contributed by atoms with van der Waals surface area (Å²) in [4.78, 5) is 23.3. The zero-order valence-electron chi connectivity index (χ0n) is 9.71. The highest BCUT2D eigenvalue weighted by atomic mass is 16.1. The molecule has 0 saturated carbocycles. The van der Waals surface area contributed by atoms with Crippen LogP contribution in [0.15, 0.2) is 31.1 Å². The predicted molar refractivity (Wildman–Crippen MR) is 62.4 cm³/mol. The van der Waals surface area contributed by atoms with Crippen molar-refractivity contribution in [2.75, 3.05) is 0 Å². The van der Waals surface area contributed by atoms with Gasteiger partial charge < -0.3 is 9.36 Å². The number of nitrogens with zero attached hydrogens (tertiary/aromatic N) is 4. The number of Topliss-reactive ketones (excluding diaryl/α,β-unsaturated/α-hetero) is 1. The Morgan fingerprint density at radius 1 is 1.29 bits per heavy atom. The number of imidazole rings is 1. The van der Waals surface area contributed by atoms with E-state index in [0.29, 0.717) is 13.0 Å². The highest BCUT2D eigenvalue weighted by Gasteiger charge is 2.05. The molecule has 0 atom stereocenters. The van der Waals surface area contributed by atoms with Crippen LogP contribution in [-0.2, 0) is 17.8 Å². The van der Waals surface area contributed by atoms with Crippen LogP contribution < -0.4 is 0 Å². The molecule has 2 heterocycles. The molecule has 0 aliphatic carbocycles. The average molecular weight is 230 g/mol. The molecule has 17 heavy (non-hydrogen) atoms. The molecular weight excluding hydrogens is 216 g/mol. The third kappa shape index (κ3) is 3.21. The molecule has 0 fully saturated rings. The van der Waals surface area contributed by atoms with Crippen molar-refractivity contribution in [1.82, 2.24) is 19.5 Å². The van der Waals surface area contributed by atoms with Crippen molar-refractivity contribution in [3.05, 3.63) is 42.5 Å². The Balaban J connectivity index is 2.06. The fraction of sp³-hybridized carbons (Fsp3) is 0.333. The molecule has 0 bridgehead atoms. The molecule has 0 aromatic carbocycles. The Hall–Kier alpha value is -2.04. The van der Waals surface area contributed by atoms with E-state index in [4.69, 9.17) is 0 Å². The molecule has 5 heteroatoms. The lowest BCUT2D eigenvalue weighted by atomic mass is 10.2. The van der Waals surface area contributed by atoms with Gasteiger partial charge in [-0.25, -0.2) is 4.98 Å². The van der Waals surface area contributed by atoms with Crippen LogP contribution in [0.2, 0.25) is 0 Å². The van der Waals surface area contributed by atoms with Gasteiger partial charge in [-0.05, 0) is 13.3 Å². The van der Waals surface area contributed by atoms with Gasteiger partial charge in [0.05, 0.1) is 24.8 Å². The second kappa shape index (κ2) is 5.34. The Kier molecular flexibility index (Phi) is 3.59. The van der Waals surface area contributed by atoms with Gasteiger partial charge in [-0.15, -0.1) is 0 Å². The standard InChI is InChI=1S/C12H14N4O/c1-10(17)2-3-12-7-14-9-16(12)8-11-6-13-4-5-15-11/h4-7,9H,2-3,8H2,1H3. The Labute approximate surface area is 99.6 Å². The lowest BCUT2D eigenvalue weighted by molar-refractivity contribution is -0.117. The summed E-state index contributed by atoms with van der Waals surface area (Å²) in [6, 6.07) is 0. The summed E-state index contributed by atoms with van der Waals surface area (Å²) in [6.07, 6.45) is 9.86. The van der Waals surface area contributed by atoms with E-state index in [2.05, 4.69) is 15.0 Å². The molecule has 0 aliphatic rings. The fourth-order valence-corrected chi connectivity index (χ4v) is 1.59. The van der Waals surface area contributed by atoms with Crippen LogP contribution in [0.1, 0.15) is 24.7 Å². The van der Waals surface area contributed by atoms with Gasteiger partial charge in [-0.2, -0.15) is 0 Å². The molecule has 2 aromatic rings. The van der Waals surface area contributed by atoms with Crippen LogP contribution in [0.5, 0.6) is 0 Å². The minimum absolute atomic E-state index is 0.192. The van der Waals surface area contributed by atoms with E-state index >= 15 is 0 Å². The van der Waals surface area contributed by atoms with Crippen molar-refractivity contribution in [3.8, 4) is 0 Å². The van der Waals surface area contributed by atoms with Crippen LogP contribution in [0.25, 0.3) is 0 Å². The maximum Gasteiger partial charge on any atom is 0.130 e. The first-order valence-electron chi connectivity index (χ1n) is 5.49. The summed E-state index contributed by atoms with van der Waals surface area (Å²) in [5.41, 5.74) is 1.93. The number of ketones is 1. The van der Waals surface area contributed by atoms with Gasteiger partial charge in [-0.1, -0.05) is 0 Å². The zero-order chi connectivity index (χ0) is 12.1. The van der Waals surface area contributed by atoms with E-state index in [1.807, 2.05) is 4.57 Å². The summed E-state index contributed by atoms with van der Waals surface area (Å²) in [6.45, 7) is 2.24. The van der Waals surface area contributed by atoms with Gasteiger partial charge in [-0.3, -0.25) is 9.97 Å². The molecule has 2 rings (SSSR count). The Morgan fingerprint density at radius 2 is 2.18 bits per heavy atom. The fourth-order valence-electron chi connectivity index (χ4n) is 1.59. The van der Waals surface area contributed by atoms with Crippen LogP contribution >= 0.6 is 0 Å². The summed E-state index contributed by atoms with van der Waals surface area (Å²) in [5.74, 6) is 0.192. The molecule has 0 radical (unpaired) electrons. The number of aromatic nitrogens is 4. The smallest absolute Gasteiger partial charge is 0.130 e. The number of hydrogen-bond acceptors (Lipinski definition) is 4. The summed E-state index contributed by atoms with van der Waals surface area (Å²) < 4.78 is 1.99. The number of aryl methyl sites for hydroxylation is 1. The van der Waals surface area contributed by atoms with E-state index in [-0.39, 0.29) is 5.78 Å². The lowest BCUT2D eigenvalue weighted by Crippen LogP contribution is -2.06. The van der Waals surface area contributed by atoms with Gasteiger partial charge in [0.2, 0.25) is 0 Å². The minimum atomic E-state index is 0.192. The molecule has 0 saturated heterocycles. The third-order valence-electron chi connectivity index (χ3n) is 2.48. The van der Waals surface area contributed by atoms with Crippen molar-refractivity contribution >= 4 is 5.78 Å². The van der Waals surface area contributed by atoms with E-state index < -0.39 is 0 Å². The summed E-state index contributed by atoms with van der Waals surface area (Å²) >= 11 is 0. The van der Waals surface area contributed by atoms with Crippen molar-refractivity contribution in [1.29, 1.82) is 0 Å². The van der Waals surface area contributed by atoms with Gasteiger partial charge in [0.15, 0.2) is 0 Å². The number of carbonyl (C=O) groups is 1. The first kappa shape index (κ1) is 11.4. The quantitative estimate of drug-likeness (QED) is 0.775. The largest absolute Gasteiger partial charge is 0.329 e. The van der Waals surface area contributed by atoms with Crippen molar-refractivity contribution in [3.63, 3.8) is 0 Å². The first-order chi connectivity index (χ1) is 8.25. The van der Waals surface area contributed by atoms with E-state index in [1.165, 1.54) is 0 Å². The van der Waals surface area contributed by atoms with Crippen LogP contribution in [0.4, 0.5) is 0 Å². The van der Waals surface area contributed by atoms with Crippen molar-refractivity contribution in [2.24, 2.45) is 0 Å². The molecule has 5 nitrogen and oxygen atoms in total. The molecule has 0 aliphatic heterocycles. The first-order valence-corrected chi connectivity index (χ1v) is 5.49. The van der Waals surface area contributed by atoms with Gasteiger partial charge in [0, 0.05) is 30.7 Å². The molecule has 0 spiro atoms. The molecule has 88 valence electrons. The average Bonchev–Trinajstić information content (AvgIpc) is 2.75. The second-order valence-corrected chi connectivity index (χ2v) is 3.91. The van der Waals surface area contributed by atoms with Gasteiger partial charge in [0.1, 0.15) is 5.78 Å². The molecule has 0 unspecified atom stereocenters. The SMILES string of the molecule is CC(=O)CCc1cncn1Cc1cnccn1. The summed E-state index contributed by atoms with van der Waals surface area (Å²) in [7, 11) is 0. The van der Waals surface area contributed by atoms with Crippen LogP contribution in [0.3, 0.4) is 0 Å². The maximum absolute atomic E-state index is 11.0. The Bertz CT molecular complexity index is 492. The third-order valence-corrected chi connectivity index (χ3v) is 2.48. The van der Waals surface area contributed by atoms with Gasteiger partial charge in [0.25, 0.3) is 0 Å². The minimum Gasteiger partial charge on any atom is -0.329 e. The van der Waals surface area contributed by atoms with Crippen LogP contribution in [-0.4, -0.2) is 25.3 Å². The van der Waals surface area contributed by atoms with Crippen molar-refractivity contribution < 1.29 is 4.79 Å². The second-order valence-electron chi connectivity index (χ2n) is 3.91. The molecular formula is C12H14N4O. The van der Waals surface area contributed by atoms with Crippen LogP contribution in [0, 0.1) is 0 Å².